The Hall–Kier alpha value is -3.73. The monoisotopic (exact) mass is 484 g/mol. The number of rotatable bonds is 6. The van der Waals surface area contributed by atoms with E-state index in [2.05, 4.69) is 40.2 Å². The van der Waals surface area contributed by atoms with Crippen LogP contribution in [0.5, 0.6) is 0 Å². The van der Waals surface area contributed by atoms with Crippen LogP contribution in [0.15, 0.2) is 41.2 Å². The van der Waals surface area contributed by atoms with Crippen LogP contribution in [0.2, 0.25) is 5.02 Å². The maximum atomic E-state index is 12.7. The van der Waals surface area contributed by atoms with E-state index in [1.54, 1.807) is 11.1 Å². The van der Waals surface area contributed by atoms with E-state index in [1.165, 1.54) is 0 Å². The number of halogens is 2. The van der Waals surface area contributed by atoms with Gasteiger partial charge in [-0.3, -0.25) is 0 Å². The average molecular weight is 485 g/mol. The lowest BCUT2D eigenvalue weighted by molar-refractivity contribution is 0.183. The fourth-order valence-electron chi connectivity index (χ4n) is 4.03. The number of likely N-dealkylation sites (tertiary alicyclic amines) is 1. The van der Waals surface area contributed by atoms with Gasteiger partial charge in [-0.1, -0.05) is 35.0 Å². The molecule has 1 saturated heterocycles. The van der Waals surface area contributed by atoms with E-state index in [0.29, 0.717) is 42.7 Å². The van der Waals surface area contributed by atoms with Gasteiger partial charge in [0.15, 0.2) is 5.82 Å². The van der Waals surface area contributed by atoms with Crippen molar-refractivity contribution in [1.29, 1.82) is 0 Å². The Bertz CT molecular complexity index is 1300. The van der Waals surface area contributed by atoms with Gasteiger partial charge >= 0.3 is 12.2 Å². The van der Waals surface area contributed by atoms with Crippen molar-refractivity contribution in [3.63, 3.8) is 0 Å². The van der Waals surface area contributed by atoms with Crippen molar-refractivity contribution < 1.29 is 13.7 Å². The molecular weight excluding hydrogens is 463 g/mol. The minimum atomic E-state index is -0.978. The Kier molecular flexibility index (Phi) is 6.26. The number of piperidine rings is 1. The van der Waals surface area contributed by atoms with Crippen LogP contribution in [0.1, 0.15) is 18.7 Å². The molecule has 0 spiro atoms. The normalized spacial score (nSPS) is 14.5. The number of hydrogen-bond acceptors (Lipinski definition) is 7. The number of carbonyl (C=O) groups excluding carboxylic acids is 1. The summed E-state index contributed by atoms with van der Waals surface area (Å²) in [6, 6.07) is 7.92. The molecule has 0 unspecified atom stereocenters. The van der Waals surface area contributed by atoms with Crippen molar-refractivity contribution in [2.24, 2.45) is 0 Å². The molecule has 3 aromatic heterocycles. The first-order valence-corrected chi connectivity index (χ1v) is 11.3. The molecule has 0 aliphatic carbocycles. The van der Waals surface area contributed by atoms with Crippen LogP contribution in [0, 0.1) is 6.14 Å². The third-order valence-corrected chi connectivity index (χ3v) is 6.05. The van der Waals surface area contributed by atoms with Crippen molar-refractivity contribution in [3.05, 3.63) is 53.7 Å². The number of H-pyrrole nitrogens is 1. The zero-order chi connectivity index (χ0) is 23.5. The van der Waals surface area contributed by atoms with Crippen LogP contribution >= 0.6 is 11.6 Å². The molecule has 1 aliphatic heterocycles. The van der Waals surface area contributed by atoms with Crippen LogP contribution < -0.4 is 10.6 Å². The van der Waals surface area contributed by atoms with E-state index in [9.17, 15) is 9.18 Å². The minimum Gasteiger partial charge on any atom is -0.360 e. The first-order chi connectivity index (χ1) is 16.6. The molecular formula is C22H22ClFN8O2. The Balaban J connectivity index is 1.16. The van der Waals surface area contributed by atoms with Crippen LogP contribution in [-0.4, -0.2) is 61.7 Å². The van der Waals surface area contributed by atoms with Crippen molar-refractivity contribution >= 4 is 34.5 Å². The molecule has 3 N–H and O–H groups in total. The lowest BCUT2D eigenvalue weighted by Crippen LogP contribution is -2.47. The molecule has 34 heavy (non-hydrogen) atoms. The third kappa shape index (κ3) is 4.79. The highest BCUT2D eigenvalue weighted by molar-refractivity contribution is 6.33. The maximum absolute atomic E-state index is 12.7. The van der Waals surface area contributed by atoms with Gasteiger partial charge in [0.05, 0.1) is 16.9 Å². The van der Waals surface area contributed by atoms with Gasteiger partial charge in [-0.05, 0) is 18.9 Å². The Labute approximate surface area is 198 Å². The zero-order valence-electron chi connectivity index (χ0n) is 18.1. The summed E-state index contributed by atoms with van der Waals surface area (Å²) in [7, 11) is 0. The van der Waals surface area contributed by atoms with Crippen molar-refractivity contribution in [2.45, 2.75) is 25.3 Å². The second kappa shape index (κ2) is 9.64. The lowest BCUT2D eigenvalue weighted by Gasteiger charge is -2.32. The van der Waals surface area contributed by atoms with Crippen LogP contribution in [0.3, 0.4) is 0 Å². The molecule has 4 heterocycles. The Morgan fingerprint density at radius 3 is 2.88 bits per heavy atom. The van der Waals surface area contributed by atoms with E-state index < -0.39 is 6.14 Å². The molecule has 0 saturated carbocycles. The van der Waals surface area contributed by atoms with Gasteiger partial charge in [0, 0.05) is 54.8 Å². The second-order valence-corrected chi connectivity index (χ2v) is 8.40. The molecule has 5 rings (SSSR count). The van der Waals surface area contributed by atoms with E-state index in [0.717, 1.165) is 29.3 Å². The Morgan fingerprint density at radius 2 is 2.09 bits per heavy atom. The van der Waals surface area contributed by atoms with E-state index >= 15 is 0 Å². The smallest absolute Gasteiger partial charge is 0.360 e. The third-order valence-electron chi connectivity index (χ3n) is 5.77. The summed E-state index contributed by atoms with van der Waals surface area (Å²) < 4.78 is 17.0. The van der Waals surface area contributed by atoms with Gasteiger partial charge in [0.2, 0.25) is 5.95 Å². The van der Waals surface area contributed by atoms with Crippen LogP contribution in [-0.2, 0) is 6.42 Å². The standard InChI is InChI=1S/C22H22ClFN8O2/c23-16-12-27-21(30-19(16)15-11-26-17-4-2-1-3-14(15)17)28-13-6-9-32(10-7-13)22(33)25-8-5-18-29-20(24)34-31-18/h1-4,11-13,26H,5-10H2,(H,25,33)(H,27,28,30). The summed E-state index contributed by atoms with van der Waals surface area (Å²) in [5.74, 6) is 0.718. The highest BCUT2D eigenvalue weighted by Crippen LogP contribution is 2.32. The largest absolute Gasteiger partial charge is 0.405 e. The summed E-state index contributed by atoms with van der Waals surface area (Å²) in [4.78, 5) is 29.9. The summed E-state index contributed by atoms with van der Waals surface area (Å²) in [5, 5.41) is 11.2. The number of para-hydroxylation sites is 1. The number of nitrogens with zero attached hydrogens (tertiary/aromatic N) is 5. The van der Waals surface area contributed by atoms with E-state index in [4.69, 9.17) is 11.6 Å². The summed E-state index contributed by atoms with van der Waals surface area (Å²) in [6.07, 6.45) is 4.31. The molecule has 1 aliphatic rings. The highest BCUT2D eigenvalue weighted by Gasteiger charge is 2.23. The predicted molar refractivity (Wildman–Crippen MR) is 124 cm³/mol. The number of anilines is 1. The van der Waals surface area contributed by atoms with Gasteiger partial charge in [-0.2, -0.15) is 4.98 Å². The molecule has 10 nitrogen and oxygen atoms in total. The molecule has 0 radical (unpaired) electrons. The minimum absolute atomic E-state index is 0.128. The molecule has 1 fully saturated rings. The highest BCUT2D eigenvalue weighted by atomic mass is 35.5. The fraction of sp³-hybridized carbons (Fsp3) is 0.318. The molecule has 12 heteroatoms. The van der Waals surface area contributed by atoms with Gasteiger partial charge in [-0.15, -0.1) is 4.39 Å². The molecule has 176 valence electrons. The molecule has 2 amide bonds. The number of aromatic nitrogens is 5. The first kappa shape index (κ1) is 22.1. The average Bonchev–Trinajstić information content (AvgIpc) is 3.47. The topological polar surface area (TPSA) is 125 Å². The van der Waals surface area contributed by atoms with E-state index in [-0.39, 0.29) is 17.9 Å². The van der Waals surface area contributed by atoms with E-state index in [1.807, 2.05) is 30.5 Å². The molecule has 1 aromatic carbocycles. The summed E-state index contributed by atoms with van der Waals surface area (Å²) in [6.45, 7) is 1.47. The number of carbonyl (C=O) groups is 1. The lowest BCUT2D eigenvalue weighted by atomic mass is 10.1. The number of amides is 2. The summed E-state index contributed by atoms with van der Waals surface area (Å²) in [5.41, 5.74) is 2.59. The predicted octanol–water partition coefficient (Wildman–Crippen LogP) is 3.63. The van der Waals surface area contributed by atoms with Gasteiger partial charge in [0.1, 0.15) is 0 Å². The molecule has 0 bridgehead atoms. The van der Waals surface area contributed by atoms with Crippen molar-refractivity contribution in [2.75, 3.05) is 25.0 Å². The maximum Gasteiger partial charge on any atom is 0.405 e. The zero-order valence-corrected chi connectivity index (χ0v) is 18.8. The Morgan fingerprint density at radius 1 is 1.26 bits per heavy atom. The number of nitrogens with one attached hydrogen (secondary N) is 3. The summed E-state index contributed by atoms with van der Waals surface area (Å²) >= 11 is 6.42. The van der Waals surface area contributed by atoms with Gasteiger partial charge < -0.3 is 25.0 Å². The fourth-order valence-corrected chi connectivity index (χ4v) is 4.22. The van der Waals surface area contributed by atoms with Crippen LogP contribution in [0.4, 0.5) is 15.1 Å². The SMILES string of the molecule is O=C(NCCc1noc(F)n1)N1CCC(Nc2ncc(Cl)c(-c3c[nH]c4ccccc34)n2)CC1. The second-order valence-electron chi connectivity index (χ2n) is 7.99. The van der Waals surface area contributed by atoms with Gasteiger partial charge in [0.25, 0.3) is 0 Å². The number of fused-ring (bicyclic) bond motifs is 1. The van der Waals surface area contributed by atoms with Crippen molar-refractivity contribution in [1.82, 2.24) is 35.3 Å². The first-order valence-electron chi connectivity index (χ1n) is 10.9. The van der Waals surface area contributed by atoms with Gasteiger partial charge in [-0.25, -0.2) is 14.8 Å². The number of urea groups is 1. The number of benzene rings is 1. The molecule has 4 aromatic rings. The number of aromatic amines is 1. The number of hydrogen-bond donors (Lipinski definition) is 3. The van der Waals surface area contributed by atoms with Crippen molar-refractivity contribution in [3.8, 4) is 11.3 Å². The molecule has 0 atom stereocenters. The quantitative estimate of drug-likeness (QED) is 0.381. The van der Waals surface area contributed by atoms with Crippen LogP contribution in [0.25, 0.3) is 22.2 Å².